The second kappa shape index (κ2) is 11.1. The van der Waals surface area contributed by atoms with Crippen molar-refractivity contribution in [2.75, 3.05) is 0 Å². The molecule has 1 N–H and O–H groups in total. The maximum absolute atomic E-state index is 13.1. The molecule has 0 spiro atoms. The fourth-order valence-electron chi connectivity index (χ4n) is 2.47. The van der Waals surface area contributed by atoms with Gasteiger partial charge in [-0.15, -0.1) is 11.3 Å². The number of esters is 1. The van der Waals surface area contributed by atoms with Crippen LogP contribution in [0.4, 0.5) is 4.79 Å². The molecule has 7 nitrogen and oxygen atoms in total. The third-order valence-corrected chi connectivity index (χ3v) is 6.55. The molecule has 2 aromatic rings. The first-order valence-electron chi connectivity index (χ1n) is 10.2. The van der Waals surface area contributed by atoms with Gasteiger partial charge in [0, 0.05) is 4.88 Å². The maximum Gasteiger partial charge on any atom is 0.509 e. The van der Waals surface area contributed by atoms with E-state index in [2.05, 4.69) is 4.72 Å². The summed E-state index contributed by atoms with van der Waals surface area (Å²) in [5.41, 5.74) is -0.0221. The molecule has 2 rings (SSSR count). The van der Waals surface area contributed by atoms with Crippen molar-refractivity contribution in [3.8, 4) is 0 Å². The second-order valence-electron chi connectivity index (χ2n) is 9.09. The van der Waals surface area contributed by atoms with Crippen LogP contribution in [-0.2, 0) is 36.6 Å². The summed E-state index contributed by atoms with van der Waals surface area (Å²) in [5.74, 6) is -0.767. The average molecular weight is 482 g/mol. The first-order valence-corrected chi connectivity index (χ1v) is 12.2. The Bertz CT molecular complexity index is 901. The van der Waals surface area contributed by atoms with Crippen molar-refractivity contribution < 1.29 is 28.0 Å². The molecule has 176 valence electrons. The summed E-state index contributed by atoms with van der Waals surface area (Å²) in [6.45, 7) is 10.5. The Hall–Kier alpha value is -2.23. The van der Waals surface area contributed by atoms with Gasteiger partial charge in [-0.3, -0.25) is 0 Å². The normalized spacial score (nSPS) is 14.8. The molecule has 0 saturated heterocycles. The molecule has 0 amide bonds. The minimum Gasteiger partial charge on any atom is -0.458 e. The SMILES string of the molecule is CC(C)(C)OC(=O)O[C@@H](C(=O)OCc1ccccc1)[C@H](NS(=O)C(C)(C)C)c1cccs1. The number of carbonyl (C=O) groups is 2. The fourth-order valence-corrected chi connectivity index (χ4v) is 4.18. The van der Waals surface area contributed by atoms with Crippen LogP contribution in [0.1, 0.15) is 58.0 Å². The summed E-state index contributed by atoms with van der Waals surface area (Å²) in [6, 6.07) is 11.9. The molecule has 1 unspecified atom stereocenters. The summed E-state index contributed by atoms with van der Waals surface area (Å²) in [4.78, 5) is 26.2. The molecule has 32 heavy (non-hydrogen) atoms. The highest BCUT2D eigenvalue weighted by molar-refractivity contribution is 7.84. The predicted octanol–water partition coefficient (Wildman–Crippen LogP) is 4.90. The third kappa shape index (κ3) is 8.37. The zero-order valence-electron chi connectivity index (χ0n) is 19.2. The smallest absolute Gasteiger partial charge is 0.458 e. The Kier molecular flexibility index (Phi) is 9.00. The van der Waals surface area contributed by atoms with Crippen LogP contribution in [0.5, 0.6) is 0 Å². The van der Waals surface area contributed by atoms with E-state index in [0.717, 1.165) is 5.56 Å². The van der Waals surface area contributed by atoms with Gasteiger partial charge in [0.25, 0.3) is 0 Å². The maximum atomic E-state index is 13.1. The van der Waals surface area contributed by atoms with Crippen LogP contribution >= 0.6 is 11.3 Å². The summed E-state index contributed by atoms with van der Waals surface area (Å²) < 4.78 is 31.4. The monoisotopic (exact) mass is 481 g/mol. The van der Waals surface area contributed by atoms with Gasteiger partial charge in [-0.25, -0.2) is 18.5 Å². The van der Waals surface area contributed by atoms with Crippen molar-refractivity contribution in [2.24, 2.45) is 0 Å². The van der Waals surface area contributed by atoms with Gasteiger partial charge >= 0.3 is 12.1 Å². The molecule has 0 radical (unpaired) electrons. The number of benzene rings is 1. The molecule has 3 atom stereocenters. The number of hydrogen-bond donors (Lipinski definition) is 1. The Morgan fingerprint density at radius 3 is 2.22 bits per heavy atom. The summed E-state index contributed by atoms with van der Waals surface area (Å²) in [6.07, 6.45) is -2.41. The van der Waals surface area contributed by atoms with Crippen LogP contribution in [-0.4, -0.2) is 32.8 Å². The Morgan fingerprint density at radius 1 is 1.03 bits per heavy atom. The molecule has 0 aliphatic rings. The van der Waals surface area contributed by atoms with Crippen molar-refractivity contribution >= 4 is 34.4 Å². The number of carbonyl (C=O) groups excluding carboxylic acids is 2. The largest absolute Gasteiger partial charge is 0.509 e. The van der Waals surface area contributed by atoms with Crippen molar-refractivity contribution in [3.05, 3.63) is 58.3 Å². The molecule has 9 heteroatoms. The first kappa shape index (κ1) is 26.0. The highest BCUT2D eigenvalue weighted by Gasteiger charge is 2.39. The summed E-state index contributed by atoms with van der Waals surface area (Å²) in [5, 5.41) is 1.82. The minimum absolute atomic E-state index is 0.00731. The van der Waals surface area contributed by atoms with Crippen molar-refractivity contribution in [1.82, 2.24) is 4.72 Å². The van der Waals surface area contributed by atoms with Gasteiger partial charge in [-0.2, -0.15) is 0 Å². The lowest BCUT2D eigenvalue weighted by molar-refractivity contribution is -0.159. The van der Waals surface area contributed by atoms with Crippen molar-refractivity contribution in [1.29, 1.82) is 0 Å². The third-order valence-electron chi connectivity index (χ3n) is 4.01. The van der Waals surface area contributed by atoms with Crippen LogP contribution in [0.2, 0.25) is 0 Å². The number of thiophene rings is 1. The van der Waals surface area contributed by atoms with Gasteiger partial charge in [0.2, 0.25) is 6.10 Å². The van der Waals surface area contributed by atoms with Crippen LogP contribution in [0, 0.1) is 0 Å². The average Bonchev–Trinajstić information content (AvgIpc) is 3.21. The van der Waals surface area contributed by atoms with E-state index in [4.69, 9.17) is 14.2 Å². The van der Waals surface area contributed by atoms with Crippen molar-refractivity contribution in [3.63, 3.8) is 0 Å². The van der Waals surface area contributed by atoms with Gasteiger partial charge in [-0.1, -0.05) is 36.4 Å². The summed E-state index contributed by atoms with van der Waals surface area (Å²) >= 11 is 1.35. The van der Waals surface area contributed by atoms with E-state index in [1.165, 1.54) is 11.3 Å². The zero-order valence-corrected chi connectivity index (χ0v) is 20.9. The number of rotatable bonds is 8. The van der Waals surface area contributed by atoms with Gasteiger partial charge in [0.1, 0.15) is 18.2 Å². The van der Waals surface area contributed by atoms with Gasteiger partial charge < -0.3 is 14.2 Å². The molecule has 0 bridgehead atoms. The van der Waals surface area contributed by atoms with Gasteiger partial charge in [0.05, 0.1) is 15.7 Å². The van der Waals surface area contributed by atoms with E-state index in [1.54, 1.807) is 53.7 Å². The standard InChI is InChI=1S/C23H31NO6S2/c1-22(2,3)30-21(26)29-19(20(25)28-15-16-11-8-7-9-12-16)18(17-13-10-14-31-17)24-32(27)23(4,5)6/h7-14,18-19,24H,15H2,1-6H3/t18-,19-,32?/m1/s1. The van der Waals surface area contributed by atoms with E-state index in [9.17, 15) is 13.8 Å². The molecule has 1 heterocycles. The molecule has 0 aliphatic heterocycles. The topological polar surface area (TPSA) is 90.9 Å². The Morgan fingerprint density at radius 2 is 1.69 bits per heavy atom. The van der Waals surface area contributed by atoms with Gasteiger partial charge in [-0.05, 0) is 58.6 Å². The van der Waals surface area contributed by atoms with Crippen LogP contribution < -0.4 is 4.72 Å². The minimum atomic E-state index is -1.55. The molecule has 0 aliphatic carbocycles. The molecule has 0 saturated carbocycles. The predicted molar refractivity (Wildman–Crippen MR) is 125 cm³/mol. The van der Waals surface area contributed by atoms with E-state index >= 15 is 0 Å². The number of ether oxygens (including phenoxy) is 3. The molecule has 0 fully saturated rings. The quantitative estimate of drug-likeness (QED) is 0.539. The van der Waals surface area contributed by atoms with E-state index in [1.807, 2.05) is 35.7 Å². The van der Waals surface area contributed by atoms with Crippen LogP contribution in [0.25, 0.3) is 0 Å². The van der Waals surface area contributed by atoms with Crippen LogP contribution in [0.15, 0.2) is 47.8 Å². The lowest BCUT2D eigenvalue weighted by Crippen LogP contribution is -2.45. The van der Waals surface area contributed by atoms with E-state index in [0.29, 0.717) is 4.88 Å². The molecule has 1 aromatic carbocycles. The van der Waals surface area contributed by atoms with Gasteiger partial charge in [0.15, 0.2) is 0 Å². The second-order valence-corrected chi connectivity index (χ2v) is 12.1. The van der Waals surface area contributed by atoms with Crippen molar-refractivity contribution in [2.45, 2.75) is 70.6 Å². The first-order chi connectivity index (χ1) is 14.9. The highest BCUT2D eigenvalue weighted by Crippen LogP contribution is 2.28. The zero-order chi connectivity index (χ0) is 23.9. The van der Waals surface area contributed by atoms with E-state index in [-0.39, 0.29) is 6.61 Å². The number of nitrogens with one attached hydrogen (secondary N) is 1. The molecule has 1 aromatic heterocycles. The summed E-state index contributed by atoms with van der Waals surface area (Å²) in [7, 11) is -1.55. The Labute approximate surface area is 196 Å². The fraction of sp³-hybridized carbons (Fsp3) is 0.478. The molecular weight excluding hydrogens is 450 g/mol. The Balaban J connectivity index is 2.32. The van der Waals surface area contributed by atoms with E-state index < -0.39 is 45.6 Å². The number of hydrogen-bond acceptors (Lipinski definition) is 7. The lowest BCUT2D eigenvalue weighted by atomic mass is 10.1. The molecular formula is C23H31NO6S2. The highest BCUT2D eigenvalue weighted by atomic mass is 32.2. The lowest BCUT2D eigenvalue weighted by Gasteiger charge is -2.29. The van der Waals surface area contributed by atoms with Crippen LogP contribution in [0.3, 0.4) is 0 Å².